The molecule has 6 heteroatoms. The van der Waals surface area contributed by atoms with Crippen LogP contribution in [0.2, 0.25) is 0 Å². The molecule has 0 saturated carbocycles. The van der Waals surface area contributed by atoms with E-state index >= 15 is 0 Å². The molecule has 0 aliphatic rings. The number of benzene rings is 1. The lowest BCUT2D eigenvalue weighted by molar-refractivity contribution is -0.142. The molecule has 0 fully saturated rings. The first-order valence-corrected chi connectivity index (χ1v) is 8.91. The Morgan fingerprint density at radius 1 is 1.29 bits per heavy atom. The van der Waals surface area contributed by atoms with E-state index < -0.39 is 12.0 Å². The fourth-order valence-corrected chi connectivity index (χ4v) is 3.12. The van der Waals surface area contributed by atoms with Crippen molar-refractivity contribution in [3.63, 3.8) is 0 Å². The molecule has 1 atom stereocenters. The van der Waals surface area contributed by atoms with Crippen LogP contribution in [-0.4, -0.2) is 28.0 Å². The normalized spacial score (nSPS) is 11.9. The molecular weight excluding hydrogens is 324 g/mol. The second kappa shape index (κ2) is 8.59. The summed E-state index contributed by atoms with van der Waals surface area (Å²) in [5, 5.41) is 14.4. The van der Waals surface area contributed by atoms with Gasteiger partial charge in [-0.15, -0.1) is 11.3 Å². The summed E-state index contributed by atoms with van der Waals surface area (Å²) in [4.78, 5) is 27.7. The van der Waals surface area contributed by atoms with Gasteiger partial charge in [0.1, 0.15) is 11.0 Å². The van der Waals surface area contributed by atoms with Crippen molar-refractivity contribution in [1.29, 1.82) is 0 Å². The van der Waals surface area contributed by atoms with Crippen molar-refractivity contribution < 1.29 is 14.7 Å². The Morgan fingerprint density at radius 3 is 2.62 bits per heavy atom. The van der Waals surface area contributed by atoms with Gasteiger partial charge in [-0.3, -0.25) is 4.79 Å². The molecule has 24 heavy (non-hydrogen) atoms. The number of carbonyl (C=O) groups excluding carboxylic acids is 1. The smallest absolute Gasteiger partial charge is 0.326 e. The predicted octanol–water partition coefficient (Wildman–Crippen LogP) is 3.42. The minimum absolute atomic E-state index is 0.0955. The van der Waals surface area contributed by atoms with Crippen LogP contribution in [0.15, 0.2) is 29.6 Å². The van der Waals surface area contributed by atoms with Gasteiger partial charge in [-0.1, -0.05) is 49.6 Å². The summed E-state index contributed by atoms with van der Waals surface area (Å²) in [6.45, 7) is 4.02. The third-order valence-corrected chi connectivity index (χ3v) is 4.61. The number of hydrogen-bond acceptors (Lipinski definition) is 4. The fourth-order valence-electron chi connectivity index (χ4n) is 2.29. The highest BCUT2D eigenvalue weighted by Gasteiger charge is 2.19. The first-order valence-electron chi connectivity index (χ1n) is 8.03. The summed E-state index contributed by atoms with van der Waals surface area (Å²) in [5.41, 5.74) is 2.86. The van der Waals surface area contributed by atoms with E-state index in [0.717, 1.165) is 23.4 Å². The van der Waals surface area contributed by atoms with Crippen LogP contribution in [0.4, 0.5) is 0 Å². The number of rotatable bonds is 8. The second-order valence-corrected chi connectivity index (χ2v) is 6.65. The summed E-state index contributed by atoms with van der Waals surface area (Å²) in [6.07, 6.45) is 2.21. The van der Waals surface area contributed by atoms with Crippen LogP contribution < -0.4 is 5.32 Å². The predicted molar refractivity (Wildman–Crippen MR) is 95.1 cm³/mol. The van der Waals surface area contributed by atoms with Gasteiger partial charge in [-0.05, 0) is 13.3 Å². The molecular formula is C18H22N2O3S. The van der Waals surface area contributed by atoms with Crippen molar-refractivity contribution in [3.8, 4) is 10.6 Å². The third-order valence-electron chi connectivity index (χ3n) is 3.67. The number of carboxylic acid groups (broad SMARTS) is 1. The number of nitrogens with zero attached hydrogens (tertiary/aromatic N) is 1. The van der Waals surface area contributed by atoms with E-state index in [-0.39, 0.29) is 12.3 Å². The number of nitrogens with one attached hydrogen (secondary N) is 1. The van der Waals surface area contributed by atoms with Gasteiger partial charge in [-0.25, -0.2) is 9.78 Å². The molecule has 0 spiro atoms. The zero-order chi connectivity index (χ0) is 17.5. The monoisotopic (exact) mass is 346 g/mol. The average molecular weight is 346 g/mol. The summed E-state index contributed by atoms with van der Waals surface area (Å²) in [6, 6.07) is 7.22. The van der Waals surface area contributed by atoms with Gasteiger partial charge in [0.2, 0.25) is 5.91 Å². The molecule has 2 N–H and O–H groups in total. The van der Waals surface area contributed by atoms with Crippen molar-refractivity contribution >= 4 is 23.2 Å². The lowest BCUT2D eigenvalue weighted by Gasteiger charge is -2.13. The molecule has 0 aliphatic carbocycles. The number of amides is 1. The first-order chi connectivity index (χ1) is 11.5. The van der Waals surface area contributed by atoms with Gasteiger partial charge >= 0.3 is 5.97 Å². The Hall–Kier alpha value is -2.21. The maximum absolute atomic E-state index is 12.1. The van der Waals surface area contributed by atoms with Crippen molar-refractivity contribution in [1.82, 2.24) is 10.3 Å². The molecule has 1 heterocycles. The van der Waals surface area contributed by atoms with Gasteiger partial charge in [0, 0.05) is 10.9 Å². The first kappa shape index (κ1) is 18.1. The number of aromatic nitrogens is 1. The van der Waals surface area contributed by atoms with E-state index in [0.29, 0.717) is 12.1 Å². The number of thiazole rings is 1. The van der Waals surface area contributed by atoms with Crippen molar-refractivity contribution in [2.45, 2.75) is 45.6 Å². The minimum Gasteiger partial charge on any atom is -0.480 e. The Morgan fingerprint density at radius 2 is 2.00 bits per heavy atom. The molecule has 0 aliphatic heterocycles. The highest BCUT2D eigenvalue weighted by Crippen LogP contribution is 2.24. The highest BCUT2D eigenvalue weighted by molar-refractivity contribution is 7.13. The summed E-state index contributed by atoms with van der Waals surface area (Å²) < 4.78 is 0. The average Bonchev–Trinajstić information content (AvgIpc) is 3.00. The number of unbranched alkanes of at least 4 members (excludes halogenated alkanes) is 1. The summed E-state index contributed by atoms with van der Waals surface area (Å²) >= 11 is 1.48. The van der Waals surface area contributed by atoms with E-state index in [1.165, 1.54) is 16.9 Å². The van der Waals surface area contributed by atoms with Crippen LogP contribution in [0.5, 0.6) is 0 Å². The van der Waals surface area contributed by atoms with E-state index in [1.807, 2.05) is 43.5 Å². The van der Waals surface area contributed by atoms with Gasteiger partial charge in [0.05, 0.1) is 12.1 Å². The molecule has 1 aromatic heterocycles. The van der Waals surface area contributed by atoms with Crippen LogP contribution in [0, 0.1) is 6.92 Å². The molecule has 5 nitrogen and oxygen atoms in total. The Balaban J connectivity index is 1.97. The maximum Gasteiger partial charge on any atom is 0.326 e. The molecule has 2 rings (SSSR count). The van der Waals surface area contributed by atoms with E-state index in [4.69, 9.17) is 5.11 Å². The number of aliphatic carboxylic acids is 1. The van der Waals surface area contributed by atoms with E-state index in [9.17, 15) is 9.59 Å². The quantitative estimate of drug-likeness (QED) is 0.767. The lowest BCUT2D eigenvalue weighted by atomic mass is 10.1. The molecule has 128 valence electrons. The van der Waals surface area contributed by atoms with Crippen LogP contribution in [0.3, 0.4) is 0 Å². The van der Waals surface area contributed by atoms with Gasteiger partial charge in [-0.2, -0.15) is 0 Å². The number of carbonyl (C=O) groups is 2. The van der Waals surface area contributed by atoms with Crippen LogP contribution in [0.1, 0.15) is 37.4 Å². The standard InChI is InChI=1S/C18H22N2O3S/c1-3-4-5-15(18(22)23)20-16(21)10-14-11-24-17(19-14)13-8-6-12(2)7-9-13/h6-9,11,15H,3-5,10H2,1-2H3,(H,20,21)(H,22,23). The number of hydrogen-bond donors (Lipinski definition) is 2. The molecule has 1 amide bonds. The molecule has 0 radical (unpaired) electrons. The van der Waals surface area contributed by atoms with E-state index in [1.54, 1.807) is 0 Å². The SMILES string of the molecule is CCCCC(NC(=O)Cc1csc(-c2ccc(C)cc2)n1)C(=O)O. The lowest BCUT2D eigenvalue weighted by Crippen LogP contribution is -2.41. The van der Waals surface area contributed by atoms with E-state index in [2.05, 4.69) is 10.3 Å². The summed E-state index contributed by atoms with van der Waals surface area (Å²) in [5.74, 6) is -1.30. The van der Waals surface area contributed by atoms with Crippen LogP contribution in [0.25, 0.3) is 10.6 Å². The van der Waals surface area contributed by atoms with Crippen molar-refractivity contribution in [2.24, 2.45) is 0 Å². The largest absolute Gasteiger partial charge is 0.480 e. The second-order valence-electron chi connectivity index (χ2n) is 5.79. The van der Waals surface area contributed by atoms with Crippen molar-refractivity contribution in [2.75, 3.05) is 0 Å². The fraction of sp³-hybridized carbons (Fsp3) is 0.389. The van der Waals surface area contributed by atoms with Gasteiger partial charge < -0.3 is 10.4 Å². The van der Waals surface area contributed by atoms with Crippen molar-refractivity contribution in [3.05, 3.63) is 40.9 Å². The highest BCUT2D eigenvalue weighted by atomic mass is 32.1. The summed E-state index contributed by atoms with van der Waals surface area (Å²) in [7, 11) is 0. The zero-order valence-electron chi connectivity index (χ0n) is 13.9. The maximum atomic E-state index is 12.1. The zero-order valence-corrected chi connectivity index (χ0v) is 14.7. The number of carboxylic acids is 1. The molecule has 0 bridgehead atoms. The third kappa shape index (κ3) is 5.16. The minimum atomic E-state index is -0.990. The van der Waals surface area contributed by atoms with Gasteiger partial charge in [0.15, 0.2) is 0 Å². The molecule has 0 saturated heterocycles. The molecule has 1 aromatic carbocycles. The molecule has 2 aromatic rings. The van der Waals surface area contributed by atoms with Gasteiger partial charge in [0.25, 0.3) is 0 Å². The topological polar surface area (TPSA) is 79.3 Å². The van der Waals surface area contributed by atoms with Crippen LogP contribution >= 0.6 is 11.3 Å². The Bertz CT molecular complexity index is 695. The molecule has 1 unspecified atom stereocenters. The Labute approximate surface area is 145 Å². The van der Waals surface area contributed by atoms with Crippen LogP contribution in [-0.2, 0) is 16.0 Å². The number of aryl methyl sites for hydroxylation is 1. The Kier molecular flexibility index (Phi) is 6.49.